The monoisotopic (exact) mass is 479 g/mol. The van der Waals surface area contributed by atoms with Crippen molar-refractivity contribution in [2.45, 2.75) is 20.0 Å². The molecule has 0 saturated carbocycles. The molecule has 0 saturated heterocycles. The van der Waals surface area contributed by atoms with Gasteiger partial charge in [-0.2, -0.15) is 0 Å². The number of carbonyl (C=O) groups excluding carboxylic acids is 2. The van der Waals surface area contributed by atoms with Gasteiger partial charge in [-0.3, -0.25) is 4.79 Å². The first kappa shape index (κ1) is 24.9. The third kappa shape index (κ3) is 7.39. The first-order valence-corrected chi connectivity index (χ1v) is 11.2. The second-order valence-electron chi connectivity index (χ2n) is 7.36. The van der Waals surface area contributed by atoms with Crippen molar-refractivity contribution in [1.82, 2.24) is 0 Å². The normalized spacial score (nSPS) is 10.7. The number of amides is 1. The Labute approximate surface area is 204 Å². The van der Waals surface area contributed by atoms with Crippen LogP contribution in [0.4, 0.5) is 5.69 Å². The molecule has 0 unspecified atom stereocenters. The van der Waals surface area contributed by atoms with Crippen molar-refractivity contribution in [1.29, 1.82) is 0 Å². The van der Waals surface area contributed by atoms with Gasteiger partial charge >= 0.3 is 5.97 Å². The minimum atomic E-state index is -0.380. The summed E-state index contributed by atoms with van der Waals surface area (Å²) in [7, 11) is 1.56. The Morgan fingerprint density at radius 2 is 1.71 bits per heavy atom. The number of hydrogen-bond acceptors (Lipinski definition) is 5. The van der Waals surface area contributed by atoms with E-state index in [9.17, 15) is 9.59 Å². The molecule has 3 aromatic carbocycles. The van der Waals surface area contributed by atoms with E-state index in [1.165, 1.54) is 6.08 Å². The van der Waals surface area contributed by atoms with Gasteiger partial charge in [-0.15, -0.1) is 0 Å². The van der Waals surface area contributed by atoms with Gasteiger partial charge in [0.25, 0.3) is 0 Å². The molecule has 0 aliphatic carbocycles. The minimum absolute atomic E-state index is 0.302. The summed E-state index contributed by atoms with van der Waals surface area (Å²) in [6, 6.07) is 19.4. The smallest absolute Gasteiger partial charge is 0.338 e. The van der Waals surface area contributed by atoms with E-state index in [1.807, 2.05) is 37.3 Å². The lowest BCUT2D eigenvalue weighted by atomic mass is 10.1. The van der Waals surface area contributed by atoms with Crippen LogP contribution in [0.3, 0.4) is 0 Å². The number of anilines is 1. The molecule has 0 atom stereocenters. The van der Waals surface area contributed by atoms with Gasteiger partial charge in [-0.1, -0.05) is 36.7 Å². The lowest BCUT2D eigenvalue weighted by Crippen LogP contribution is -2.09. The minimum Gasteiger partial charge on any atom is -0.493 e. The van der Waals surface area contributed by atoms with Crippen LogP contribution >= 0.6 is 11.6 Å². The van der Waals surface area contributed by atoms with Crippen LogP contribution in [-0.4, -0.2) is 25.6 Å². The third-order valence-corrected chi connectivity index (χ3v) is 5.00. The molecule has 0 radical (unpaired) electrons. The van der Waals surface area contributed by atoms with Crippen LogP contribution in [-0.2, 0) is 16.1 Å². The number of benzene rings is 3. The SMILES string of the molecule is CCCOC(=O)c1ccc(NC(=O)/C=C/c2ccc(OCc3ccc(Cl)cc3)c(OC)c2)cc1. The molecular formula is C27H26ClNO5. The molecule has 0 bridgehead atoms. The van der Waals surface area contributed by atoms with Gasteiger partial charge < -0.3 is 19.5 Å². The van der Waals surface area contributed by atoms with Crippen LogP contribution in [0.25, 0.3) is 6.08 Å². The summed E-state index contributed by atoms with van der Waals surface area (Å²) in [5, 5.41) is 3.43. The Bertz CT molecular complexity index is 1140. The molecule has 0 heterocycles. The summed E-state index contributed by atoms with van der Waals surface area (Å²) in [6.45, 7) is 2.68. The van der Waals surface area contributed by atoms with E-state index in [1.54, 1.807) is 49.6 Å². The highest BCUT2D eigenvalue weighted by Crippen LogP contribution is 2.29. The molecule has 0 aliphatic heterocycles. The van der Waals surface area contributed by atoms with Crippen molar-refractivity contribution < 1.29 is 23.8 Å². The Balaban J connectivity index is 1.57. The molecule has 3 rings (SSSR count). The highest BCUT2D eigenvalue weighted by atomic mass is 35.5. The number of esters is 1. The van der Waals surface area contributed by atoms with Gasteiger partial charge in [0.2, 0.25) is 5.91 Å². The average Bonchev–Trinajstić information content (AvgIpc) is 2.86. The number of nitrogens with one attached hydrogen (secondary N) is 1. The van der Waals surface area contributed by atoms with E-state index < -0.39 is 0 Å². The zero-order valence-corrected chi connectivity index (χ0v) is 19.8. The Morgan fingerprint density at radius 1 is 0.971 bits per heavy atom. The second kappa shape index (κ2) is 12.5. The molecule has 176 valence electrons. The Morgan fingerprint density at radius 3 is 2.38 bits per heavy atom. The number of rotatable bonds is 10. The molecule has 6 nitrogen and oxygen atoms in total. The van der Waals surface area contributed by atoms with Crippen LogP contribution < -0.4 is 14.8 Å². The largest absolute Gasteiger partial charge is 0.493 e. The zero-order chi connectivity index (χ0) is 24.3. The molecule has 1 N–H and O–H groups in total. The number of hydrogen-bond donors (Lipinski definition) is 1. The maximum Gasteiger partial charge on any atom is 0.338 e. The fourth-order valence-electron chi connectivity index (χ4n) is 2.97. The summed E-state index contributed by atoms with van der Waals surface area (Å²) in [5.74, 6) is 0.469. The average molecular weight is 480 g/mol. The van der Waals surface area contributed by atoms with Crippen LogP contribution in [0.5, 0.6) is 11.5 Å². The summed E-state index contributed by atoms with van der Waals surface area (Å²) in [5.41, 5.74) is 2.77. The van der Waals surface area contributed by atoms with Crippen molar-refractivity contribution in [2.75, 3.05) is 19.0 Å². The quantitative estimate of drug-likeness (QED) is 0.279. The van der Waals surface area contributed by atoms with Crippen molar-refractivity contribution in [3.8, 4) is 11.5 Å². The van der Waals surface area contributed by atoms with E-state index in [4.69, 9.17) is 25.8 Å². The highest BCUT2D eigenvalue weighted by Gasteiger charge is 2.08. The second-order valence-corrected chi connectivity index (χ2v) is 7.80. The van der Waals surface area contributed by atoms with E-state index >= 15 is 0 Å². The summed E-state index contributed by atoms with van der Waals surface area (Å²) >= 11 is 5.91. The standard InChI is InChI=1S/C27H26ClNO5/c1-3-16-33-27(31)21-8-12-23(13-9-21)29-26(30)15-7-19-6-14-24(25(17-19)32-2)34-18-20-4-10-22(28)11-5-20/h4-15,17H,3,16,18H2,1-2H3,(H,29,30)/b15-7+. The summed E-state index contributed by atoms with van der Waals surface area (Å²) in [4.78, 5) is 24.1. The highest BCUT2D eigenvalue weighted by molar-refractivity contribution is 6.30. The molecular weight excluding hydrogens is 454 g/mol. The van der Waals surface area contributed by atoms with Gasteiger partial charge in [-0.25, -0.2) is 4.79 Å². The molecule has 34 heavy (non-hydrogen) atoms. The lowest BCUT2D eigenvalue weighted by molar-refractivity contribution is -0.111. The number of halogens is 1. The van der Waals surface area contributed by atoms with E-state index in [-0.39, 0.29) is 11.9 Å². The number of methoxy groups -OCH3 is 1. The Hall–Kier alpha value is -3.77. The fraction of sp³-hybridized carbons (Fsp3) is 0.185. The van der Waals surface area contributed by atoms with E-state index in [2.05, 4.69) is 5.32 Å². The molecule has 0 fully saturated rings. The Kier molecular flexibility index (Phi) is 9.12. The fourth-order valence-corrected chi connectivity index (χ4v) is 3.10. The van der Waals surface area contributed by atoms with Crippen LogP contribution in [0.1, 0.15) is 34.8 Å². The third-order valence-electron chi connectivity index (χ3n) is 4.75. The van der Waals surface area contributed by atoms with E-state index in [0.29, 0.717) is 41.0 Å². The van der Waals surface area contributed by atoms with Crippen molar-refractivity contribution >= 4 is 35.2 Å². The molecule has 3 aromatic rings. The van der Waals surface area contributed by atoms with E-state index in [0.717, 1.165) is 17.5 Å². The van der Waals surface area contributed by atoms with Gasteiger partial charge in [-0.05, 0) is 72.2 Å². The number of ether oxygens (including phenoxy) is 3. The molecule has 0 spiro atoms. The van der Waals surface area contributed by atoms with Crippen molar-refractivity contribution in [2.24, 2.45) is 0 Å². The molecule has 0 aromatic heterocycles. The maximum absolute atomic E-state index is 12.3. The van der Waals surface area contributed by atoms with Gasteiger partial charge in [0, 0.05) is 16.8 Å². The number of carbonyl (C=O) groups is 2. The van der Waals surface area contributed by atoms with Crippen molar-refractivity contribution in [3.05, 3.63) is 94.5 Å². The molecule has 0 aliphatic rings. The zero-order valence-electron chi connectivity index (χ0n) is 19.0. The summed E-state index contributed by atoms with van der Waals surface area (Å²) < 4.78 is 16.4. The summed E-state index contributed by atoms with van der Waals surface area (Å²) in [6.07, 6.45) is 3.86. The molecule has 7 heteroatoms. The van der Waals surface area contributed by atoms with Gasteiger partial charge in [0.05, 0.1) is 19.3 Å². The van der Waals surface area contributed by atoms with Gasteiger partial charge in [0.15, 0.2) is 11.5 Å². The molecule has 1 amide bonds. The predicted octanol–water partition coefficient (Wildman–Crippen LogP) is 6.15. The first-order valence-electron chi connectivity index (χ1n) is 10.8. The van der Waals surface area contributed by atoms with Crippen LogP contribution in [0.2, 0.25) is 5.02 Å². The predicted molar refractivity (Wildman–Crippen MR) is 133 cm³/mol. The maximum atomic E-state index is 12.3. The first-order chi connectivity index (χ1) is 16.5. The van der Waals surface area contributed by atoms with Crippen LogP contribution in [0, 0.1) is 0 Å². The van der Waals surface area contributed by atoms with Crippen LogP contribution in [0.15, 0.2) is 72.8 Å². The lowest BCUT2D eigenvalue weighted by Gasteiger charge is -2.11. The van der Waals surface area contributed by atoms with Gasteiger partial charge in [0.1, 0.15) is 6.61 Å². The topological polar surface area (TPSA) is 73.9 Å². The van der Waals surface area contributed by atoms with Crippen molar-refractivity contribution in [3.63, 3.8) is 0 Å².